The zero-order valence-electron chi connectivity index (χ0n) is 15.7. The molecule has 0 aromatic heterocycles. The molecule has 144 valence electrons. The topological polar surface area (TPSA) is 83.6 Å². The van der Waals surface area contributed by atoms with Crippen LogP contribution >= 0.6 is 0 Å². The molecule has 0 unspecified atom stereocenters. The average Bonchev–Trinajstić information content (AvgIpc) is 2.68. The molecule has 1 atom stereocenters. The third-order valence-corrected chi connectivity index (χ3v) is 5.99. The molecule has 0 heterocycles. The fraction of sp³-hybridized carbons (Fsp3) is 0.300. The van der Waals surface area contributed by atoms with Crippen molar-refractivity contribution < 1.29 is 18.0 Å². The Morgan fingerprint density at radius 2 is 1.59 bits per heavy atom. The summed E-state index contributed by atoms with van der Waals surface area (Å²) >= 11 is 0. The number of amides is 2. The molecule has 0 fully saturated rings. The van der Waals surface area contributed by atoms with Gasteiger partial charge in [0, 0.05) is 19.7 Å². The van der Waals surface area contributed by atoms with Gasteiger partial charge in [0.25, 0.3) is 5.91 Å². The first-order chi connectivity index (χ1) is 12.7. The van der Waals surface area contributed by atoms with Crippen LogP contribution in [0.3, 0.4) is 0 Å². The molecule has 2 rings (SSSR count). The van der Waals surface area contributed by atoms with Crippen LogP contribution in [0.25, 0.3) is 0 Å². The molecule has 0 saturated heterocycles. The highest BCUT2D eigenvalue weighted by Crippen LogP contribution is 2.21. The number of benzene rings is 2. The van der Waals surface area contributed by atoms with Crippen molar-refractivity contribution >= 4 is 21.7 Å². The number of hydrogen-bond acceptors (Lipinski definition) is 4. The number of sulfone groups is 1. The van der Waals surface area contributed by atoms with E-state index in [0.717, 1.165) is 0 Å². The van der Waals surface area contributed by atoms with Gasteiger partial charge in [-0.2, -0.15) is 0 Å². The summed E-state index contributed by atoms with van der Waals surface area (Å²) in [6.45, 7) is 1.59. The van der Waals surface area contributed by atoms with Crippen LogP contribution in [0.15, 0.2) is 59.5 Å². The normalized spacial score (nSPS) is 12.3. The lowest BCUT2D eigenvalue weighted by molar-refractivity contribution is -0.129. The average molecular weight is 388 g/mol. The van der Waals surface area contributed by atoms with Crippen molar-refractivity contribution in [1.82, 2.24) is 10.2 Å². The van der Waals surface area contributed by atoms with Crippen LogP contribution in [0, 0.1) is 0 Å². The third-order valence-electron chi connectivity index (χ3n) is 4.24. The number of nitrogens with one attached hydrogen (secondary N) is 1. The number of nitrogens with zero attached hydrogens (tertiary/aromatic N) is 1. The van der Waals surface area contributed by atoms with Crippen molar-refractivity contribution in [2.24, 2.45) is 0 Å². The van der Waals surface area contributed by atoms with Crippen LogP contribution in [-0.2, 0) is 14.6 Å². The number of carbonyl (C=O) groups excluding carboxylic acids is 2. The highest BCUT2D eigenvalue weighted by atomic mass is 32.2. The summed E-state index contributed by atoms with van der Waals surface area (Å²) in [6.07, 6.45) is 0.0748. The summed E-state index contributed by atoms with van der Waals surface area (Å²) in [7, 11) is -0.00940. The summed E-state index contributed by atoms with van der Waals surface area (Å²) in [5.41, 5.74) is 1.16. The Morgan fingerprint density at radius 1 is 1.00 bits per heavy atom. The predicted octanol–water partition coefficient (Wildman–Crippen LogP) is 2.43. The van der Waals surface area contributed by atoms with E-state index in [9.17, 15) is 18.0 Å². The molecular formula is C20H24N2O4S. The fourth-order valence-electron chi connectivity index (χ4n) is 2.51. The van der Waals surface area contributed by atoms with Crippen LogP contribution in [0.1, 0.15) is 35.3 Å². The Balaban J connectivity index is 2.29. The molecule has 0 aliphatic rings. The minimum absolute atomic E-state index is 0.0135. The zero-order valence-corrected chi connectivity index (χ0v) is 16.5. The van der Waals surface area contributed by atoms with Gasteiger partial charge in [-0.3, -0.25) is 9.59 Å². The molecule has 2 aromatic carbocycles. The highest BCUT2D eigenvalue weighted by molar-refractivity contribution is 7.91. The second kappa shape index (κ2) is 8.81. The molecule has 0 aliphatic heterocycles. The molecule has 0 aliphatic carbocycles. The van der Waals surface area contributed by atoms with Gasteiger partial charge in [0.1, 0.15) is 0 Å². The Hall–Kier alpha value is -2.67. The van der Waals surface area contributed by atoms with Gasteiger partial charge in [-0.25, -0.2) is 8.42 Å². The molecule has 0 radical (unpaired) electrons. The van der Waals surface area contributed by atoms with E-state index in [-0.39, 0.29) is 28.9 Å². The van der Waals surface area contributed by atoms with Gasteiger partial charge >= 0.3 is 0 Å². The van der Waals surface area contributed by atoms with Crippen molar-refractivity contribution in [3.05, 3.63) is 65.7 Å². The lowest BCUT2D eigenvalue weighted by atomic mass is 10.0. The maximum atomic E-state index is 12.5. The summed E-state index contributed by atoms with van der Waals surface area (Å²) < 4.78 is 24.0. The number of rotatable bonds is 7. The van der Waals surface area contributed by atoms with Crippen molar-refractivity contribution in [3.63, 3.8) is 0 Å². The van der Waals surface area contributed by atoms with E-state index >= 15 is 0 Å². The van der Waals surface area contributed by atoms with E-state index in [4.69, 9.17) is 0 Å². The Bertz CT molecular complexity index is 891. The minimum atomic E-state index is -3.31. The minimum Gasteiger partial charge on any atom is -0.349 e. The van der Waals surface area contributed by atoms with Gasteiger partial charge in [-0.1, -0.05) is 37.3 Å². The van der Waals surface area contributed by atoms with Crippen LogP contribution in [0.2, 0.25) is 0 Å². The maximum Gasteiger partial charge on any atom is 0.251 e. The number of hydrogen-bond donors (Lipinski definition) is 1. The standard InChI is InChI=1S/C20H24N2O4S/c1-4-27(25,26)17-12-10-15(11-13-17)18(14-19(23)22(2)3)21-20(24)16-8-6-5-7-9-16/h5-13,18H,4,14H2,1-3H3,(H,21,24)/t18-/m0/s1. The van der Waals surface area contributed by atoms with Crippen LogP contribution in [0.4, 0.5) is 0 Å². The lowest BCUT2D eigenvalue weighted by Crippen LogP contribution is -2.33. The van der Waals surface area contributed by atoms with Crippen molar-refractivity contribution in [2.45, 2.75) is 24.3 Å². The Labute approximate surface area is 160 Å². The second-order valence-corrected chi connectivity index (χ2v) is 8.64. The third kappa shape index (κ3) is 5.40. The van der Waals surface area contributed by atoms with Crippen LogP contribution < -0.4 is 5.32 Å². The summed E-state index contributed by atoms with van der Waals surface area (Å²) in [5.74, 6) is -0.421. The van der Waals surface area contributed by atoms with Crippen molar-refractivity contribution in [2.75, 3.05) is 19.8 Å². The molecule has 0 saturated carbocycles. The van der Waals surface area contributed by atoms with Crippen LogP contribution in [0.5, 0.6) is 0 Å². The van der Waals surface area contributed by atoms with E-state index in [1.807, 2.05) is 6.07 Å². The molecule has 0 spiro atoms. The van der Waals surface area contributed by atoms with E-state index < -0.39 is 15.9 Å². The molecule has 7 heteroatoms. The van der Waals surface area contributed by atoms with E-state index in [2.05, 4.69) is 5.32 Å². The largest absolute Gasteiger partial charge is 0.349 e. The predicted molar refractivity (Wildman–Crippen MR) is 104 cm³/mol. The summed E-state index contributed by atoms with van der Waals surface area (Å²) in [6, 6.07) is 14.5. The van der Waals surface area contributed by atoms with Gasteiger partial charge in [-0.05, 0) is 29.8 Å². The monoisotopic (exact) mass is 388 g/mol. The van der Waals surface area contributed by atoms with Gasteiger partial charge < -0.3 is 10.2 Å². The molecule has 0 bridgehead atoms. The molecule has 1 N–H and O–H groups in total. The Kier molecular flexibility index (Phi) is 6.74. The van der Waals surface area contributed by atoms with Crippen molar-refractivity contribution in [1.29, 1.82) is 0 Å². The summed E-state index contributed by atoms with van der Waals surface area (Å²) in [5, 5.41) is 2.87. The first kappa shape index (κ1) is 20.6. The lowest BCUT2D eigenvalue weighted by Gasteiger charge is -2.21. The molecule has 2 amide bonds. The quantitative estimate of drug-likeness (QED) is 0.790. The van der Waals surface area contributed by atoms with E-state index in [1.54, 1.807) is 57.4 Å². The fourth-order valence-corrected chi connectivity index (χ4v) is 3.40. The van der Waals surface area contributed by atoms with Crippen LogP contribution in [-0.4, -0.2) is 45.0 Å². The molecule has 6 nitrogen and oxygen atoms in total. The van der Waals surface area contributed by atoms with Gasteiger partial charge in [-0.15, -0.1) is 0 Å². The molecule has 2 aromatic rings. The molecule has 27 heavy (non-hydrogen) atoms. The van der Waals surface area contributed by atoms with Gasteiger partial charge in [0.2, 0.25) is 5.91 Å². The van der Waals surface area contributed by atoms with E-state index in [0.29, 0.717) is 11.1 Å². The first-order valence-electron chi connectivity index (χ1n) is 8.63. The number of carbonyl (C=O) groups is 2. The second-order valence-electron chi connectivity index (χ2n) is 6.36. The summed E-state index contributed by atoms with van der Waals surface area (Å²) in [4.78, 5) is 26.4. The van der Waals surface area contributed by atoms with Gasteiger partial charge in [0.05, 0.1) is 23.1 Å². The van der Waals surface area contributed by atoms with Gasteiger partial charge in [0.15, 0.2) is 9.84 Å². The van der Waals surface area contributed by atoms with Crippen molar-refractivity contribution in [3.8, 4) is 0 Å². The molecular weight excluding hydrogens is 364 g/mol. The SMILES string of the molecule is CCS(=O)(=O)c1ccc([C@H](CC(=O)N(C)C)NC(=O)c2ccccc2)cc1. The maximum absolute atomic E-state index is 12.5. The smallest absolute Gasteiger partial charge is 0.251 e. The van der Waals surface area contributed by atoms with E-state index in [1.165, 1.54) is 17.0 Å². The first-order valence-corrected chi connectivity index (χ1v) is 10.3. The Morgan fingerprint density at radius 3 is 2.11 bits per heavy atom. The highest BCUT2D eigenvalue weighted by Gasteiger charge is 2.21. The zero-order chi connectivity index (χ0) is 20.0.